The van der Waals surface area contributed by atoms with Crippen LogP contribution in [0.4, 0.5) is 19.1 Å². The van der Waals surface area contributed by atoms with E-state index in [4.69, 9.17) is 4.74 Å². The molecule has 1 saturated carbocycles. The Hall–Kier alpha value is -2.77. The first-order valence-corrected chi connectivity index (χ1v) is 14.2. The van der Waals surface area contributed by atoms with Crippen LogP contribution in [-0.4, -0.2) is 65.5 Å². The quantitative estimate of drug-likeness (QED) is 0.477. The molecule has 2 atom stereocenters. The van der Waals surface area contributed by atoms with Crippen molar-refractivity contribution in [1.82, 2.24) is 24.5 Å². The molecule has 3 aromatic rings. The largest absolute Gasteiger partial charge is 0.511 e. The van der Waals surface area contributed by atoms with Gasteiger partial charge in [-0.25, -0.2) is 23.1 Å². The third kappa shape index (κ3) is 5.79. The summed E-state index contributed by atoms with van der Waals surface area (Å²) in [6, 6.07) is 7.21. The van der Waals surface area contributed by atoms with Gasteiger partial charge in [0.05, 0.1) is 24.4 Å². The highest BCUT2D eigenvalue weighted by atomic mass is 32.2. The van der Waals surface area contributed by atoms with E-state index in [1.54, 1.807) is 18.5 Å². The minimum absolute atomic E-state index is 0.0309. The van der Waals surface area contributed by atoms with Crippen LogP contribution in [0.1, 0.15) is 43.6 Å². The van der Waals surface area contributed by atoms with Crippen molar-refractivity contribution < 1.29 is 26.3 Å². The Bertz CT molecular complexity index is 1340. The Labute approximate surface area is 219 Å². The number of nitrogens with zero attached hydrogens (tertiary/aromatic N) is 5. The van der Waals surface area contributed by atoms with Crippen LogP contribution in [0.3, 0.4) is 0 Å². The molecular formula is C25H31F3N6O3S. The van der Waals surface area contributed by atoms with Crippen molar-refractivity contribution >= 4 is 26.9 Å². The zero-order valence-electron chi connectivity index (χ0n) is 21.0. The summed E-state index contributed by atoms with van der Waals surface area (Å²) >= 11 is 0. The standard InChI is InChI=1S/C25H31F3N6O3S/c1-33-23-8-5-18(13-19(23)14-31-33)17-3-6-21(7-4-17)37-16-20-15-34(24-29-10-2-11-30-24)12-9-22(20)32-38(35,36)25(26,27)28/h2,5,8,10-11,13-14,17,20-22,32H,3-4,6-7,9,12,15-16H2,1H3/t17?,20-,21?,22-/m0/s1. The third-order valence-corrected chi connectivity index (χ3v) is 8.86. The number of nitrogens with one attached hydrogen (secondary N) is 1. The molecule has 0 spiro atoms. The SMILES string of the molecule is Cn1ncc2cc(C3CCC(OC[C@@H]4CN(c5ncccn5)CC[C@@H]4NS(=O)(=O)C(F)(F)F)CC3)ccc21. The minimum Gasteiger partial charge on any atom is -0.378 e. The van der Waals surface area contributed by atoms with Crippen LogP contribution in [0.25, 0.3) is 10.9 Å². The maximum absolute atomic E-state index is 13.1. The topological polar surface area (TPSA) is 102 Å². The second-order valence-electron chi connectivity index (χ2n) is 10.1. The zero-order chi connectivity index (χ0) is 26.9. The first kappa shape index (κ1) is 26.8. The molecule has 2 fully saturated rings. The van der Waals surface area contributed by atoms with Gasteiger partial charge in [-0.05, 0) is 61.8 Å². The van der Waals surface area contributed by atoms with Gasteiger partial charge in [-0.1, -0.05) is 6.07 Å². The van der Waals surface area contributed by atoms with Gasteiger partial charge in [0.2, 0.25) is 5.95 Å². The summed E-state index contributed by atoms with van der Waals surface area (Å²) in [6.07, 6.45) is 8.74. The van der Waals surface area contributed by atoms with Crippen LogP contribution >= 0.6 is 0 Å². The van der Waals surface area contributed by atoms with Gasteiger partial charge in [-0.3, -0.25) is 4.68 Å². The average Bonchev–Trinajstić information content (AvgIpc) is 3.28. The van der Waals surface area contributed by atoms with E-state index in [1.807, 2.05) is 27.5 Å². The molecular weight excluding hydrogens is 521 g/mol. The Kier molecular flexibility index (Phi) is 7.60. The Morgan fingerprint density at radius 1 is 1.11 bits per heavy atom. The van der Waals surface area contributed by atoms with Gasteiger partial charge >= 0.3 is 15.5 Å². The predicted molar refractivity (Wildman–Crippen MR) is 136 cm³/mol. The molecule has 9 nitrogen and oxygen atoms in total. The van der Waals surface area contributed by atoms with E-state index < -0.39 is 27.5 Å². The number of hydrogen-bond donors (Lipinski definition) is 1. The van der Waals surface area contributed by atoms with Crippen molar-refractivity contribution in [3.8, 4) is 0 Å². The molecule has 38 heavy (non-hydrogen) atoms. The van der Waals surface area contributed by atoms with Crippen molar-refractivity contribution in [3.05, 3.63) is 48.4 Å². The second kappa shape index (κ2) is 10.8. The first-order valence-electron chi connectivity index (χ1n) is 12.7. The van der Waals surface area contributed by atoms with E-state index in [0.717, 1.165) is 36.6 Å². The molecule has 2 aromatic heterocycles. The number of fused-ring (bicyclic) bond motifs is 1. The highest BCUT2D eigenvalue weighted by molar-refractivity contribution is 7.90. The second-order valence-corrected chi connectivity index (χ2v) is 11.8. The fourth-order valence-corrected chi connectivity index (χ4v) is 6.36. The first-order chi connectivity index (χ1) is 18.1. The summed E-state index contributed by atoms with van der Waals surface area (Å²) in [5, 5.41) is 5.42. The van der Waals surface area contributed by atoms with Crippen molar-refractivity contribution in [1.29, 1.82) is 0 Å². The van der Waals surface area contributed by atoms with Gasteiger partial charge in [0, 0.05) is 49.9 Å². The minimum atomic E-state index is -5.47. The monoisotopic (exact) mass is 552 g/mol. The highest BCUT2D eigenvalue weighted by Gasteiger charge is 2.48. The van der Waals surface area contributed by atoms with Crippen molar-refractivity contribution in [2.75, 3.05) is 24.6 Å². The van der Waals surface area contributed by atoms with Crippen LogP contribution < -0.4 is 9.62 Å². The lowest BCUT2D eigenvalue weighted by molar-refractivity contribution is -0.0460. The lowest BCUT2D eigenvalue weighted by atomic mass is 9.82. The number of piperidine rings is 1. The number of rotatable bonds is 7. The van der Waals surface area contributed by atoms with Crippen LogP contribution in [-0.2, 0) is 21.8 Å². The summed E-state index contributed by atoms with van der Waals surface area (Å²) in [5.41, 5.74) is -3.00. The number of halogens is 3. The molecule has 5 rings (SSSR count). The zero-order valence-corrected chi connectivity index (χ0v) is 21.8. The maximum atomic E-state index is 13.1. The van der Waals surface area contributed by atoms with Crippen LogP contribution in [0.5, 0.6) is 0 Å². The lowest BCUT2D eigenvalue weighted by Gasteiger charge is -2.39. The Morgan fingerprint density at radius 2 is 1.84 bits per heavy atom. The molecule has 1 N–H and O–H groups in total. The summed E-state index contributed by atoms with van der Waals surface area (Å²) in [6.45, 7) is 0.763. The van der Waals surface area contributed by atoms with Gasteiger partial charge in [0.15, 0.2) is 0 Å². The fraction of sp³-hybridized carbons (Fsp3) is 0.560. The van der Waals surface area contributed by atoms with E-state index in [0.29, 0.717) is 18.4 Å². The van der Waals surface area contributed by atoms with Gasteiger partial charge in [-0.2, -0.15) is 18.3 Å². The van der Waals surface area contributed by atoms with E-state index in [2.05, 4.69) is 33.3 Å². The van der Waals surface area contributed by atoms with E-state index in [9.17, 15) is 21.6 Å². The number of aromatic nitrogens is 4. The highest BCUT2D eigenvalue weighted by Crippen LogP contribution is 2.36. The van der Waals surface area contributed by atoms with Crippen molar-refractivity contribution in [3.63, 3.8) is 0 Å². The van der Waals surface area contributed by atoms with Gasteiger partial charge in [0.1, 0.15) is 0 Å². The molecule has 0 amide bonds. The molecule has 0 radical (unpaired) electrons. The van der Waals surface area contributed by atoms with E-state index in [-0.39, 0.29) is 25.7 Å². The third-order valence-electron chi connectivity index (χ3n) is 7.64. The van der Waals surface area contributed by atoms with Crippen LogP contribution in [0, 0.1) is 5.92 Å². The van der Waals surface area contributed by atoms with Crippen molar-refractivity contribution in [2.45, 2.75) is 55.7 Å². The van der Waals surface area contributed by atoms with Gasteiger partial charge < -0.3 is 9.64 Å². The van der Waals surface area contributed by atoms with Crippen molar-refractivity contribution in [2.24, 2.45) is 13.0 Å². The summed E-state index contributed by atoms with van der Waals surface area (Å²) in [7, 11) is -3.55. The number of anilines is 1. The predicted octanol–water partition coefficient (Wildman–Crippen LogP) is 3.74. The molecule has 206 valence electrons. The molecule has 1 aliphatic carbocycles. The number of ether oxygens (including phenoxy) is 1. The van der Waals surface area contributed by atoms with Crippen LogP contribution in [0.15, 0.2) is 42.9 Å². The fourth-order valence-electron chi connectivity index (χ4n) is 5.52. The normalized spacial score (nSPS) is 25.1. The number of hydrogen-bond acceptors (Lipinski definition) is 7. The number of alkyl halides is 3. The van der Waals surface area contributed by atoms with Crippen LogP contribution in [0.2, 0.25) is 0 Å². The number of aryl methyl sites for hydroxylation is 1. The molecule has 1 aromatic carbocycles. The lowest BCUT2D eigenvalue weighted by Crippen LogP contribution is -2.55. The Morgan fingerprint density at radius 3 is 2.55 bits per heavy atom. The summed E-state index contributed by atoms with van der Waals surface area (Å²) < 4.78 is 72.9. The smallest absolute Gasteiger partial charge is 0.378 e. The number of sulfonamides is 1. The molecule has 1 saturated heterocycles. The molecule has 2 aliphatic rings. The van der Waals surface area contributed by atoms with E-state index >= 15 is 0 Å². The molecule has 1 aliphatic heterocycles. The molecule has 3 heterocycles. The van der Waals surface area contributed by atoms with Gasteiger partial charge in [0.25, 0.3) is 0 Å². The summed E-state index contributed by atoms with van der Waals surface area (Å²) in [5.74, 6) is 0.377. The molecule has 13 heteroatoms. The maximum Gasteiger partial charge on any atom is 0.511 e. The average molecular weight is 553 g/mol. The number of benzene rings is 1. The molecule has 0 bridgehead atoms. The molecule has 0 unspecified atom stereocenters. The van der Waals surface area contributed by atoms with Gasteiger partial charge in [-0.15, -0.1) is 0 Å². The summed E-state index contributed by atoms with van der Waals surface area (Å²) in [4.78, 5) is 10.3. The van der Waals surface area contributed by atoms with E-state index in [1.165, 1.54) is 5.56 Å². The Balaban J connectivity index is 1.21.